The van der Waals surface area contributed by atoms with Crippen LogP contribution in [0.2, 0.25) is 0 Å². The fraction of sp³-hybridized carbons (Fsp3) is 0.310. The summed E-state index contributed by atoms with van der Waals surface area (Å²) in [6.45, 7) is 26.3. The molecule has 15 nitrogen and oxygen atoms in total. The topological polar surface area (TPSA) is 209 Å². The molecule has 0 heterocycles. The summed E-state index contributed by atoms with van der Waals surface area (Å²) in [5.74, 6) is -1.96. The summed E-state index contributed by atoms with van der Waals surface area (Å²) in [4.78, 5) is 88.8. The molecule has 0 aromatic heterocycles. The van der Waals surface area contributed by atoms with E-state index in [2.05, 4.69) is 0 Å². The number of ether oxygens (including phenoxy) is 6. The summed E-state index contributed by atoms with van der Waals surface area (Å²) in [5.41, 5.74) is 0.259. The maximum absolute atomic E-state index is 15.5. The fourth-order valence-corrected chi connectivity index (χ4v) is 21.0. The van der Waals surface area contributed by atoms with Crippen molar-refractivity contribution in [3.8, 4) is 17.2 Å². The lowest BCUT2D eigenvalue weighted by Gasteiger charge is -2.31. The van der Waals surface area contributed by atoms with Gasteiger partial charge < -0.3 is 42.1 Å². The molecular formula is C87H95O15P3. The second-order valence-corrected chi connectivity index (χ2v) is 37.9. The van der Waals surface area contributed by atoms with Crippen molar-refractivity contribution < 1.29 is 70.9 Å². The van der Waals surface area contributed by atoms with Gasteiger partial charge in [-0.25, -0.2) is 14.4 Å². The summed E-state index contributed by atoms with van der Waals surface area (Å²) in [7, 11) is -12.0. The fourth-order valence-electron chi connectivity index (χ4n) is 13.2. The van der Waals surface area contributed by atoms with Crippen LogP contribution in [0.15, 0.2) is 200 Å². The molecule has 0 aliphatic carbocycles. The van der Waals surface area contributed by atoms with Crippen LogP contribution in [0, 0.1) is 47.0 Å². The molecule has 18 heteroatoms. The Morgan fingerprint density at radius 2 is 0.505 bits per heavy atom. The number of carbonyl (C=O) groups is 6. The first-order valence-corrected chi connectivity index (χ1v) is 40.2. The third-order valence-electron chi connectivity index (χ3n) is 19.2. The van der Waals surface area contributed by atoms with Crippen molar-refractivity contribution in [1.29, 1.82) is 0 Å². The lowest BCUT2D eigenvalue weighted by molar-refractivity contribution is -0.165. The van der Waals surface area contributed by atoms with Gasteiger partial charge in [-0.1, -0.05) is 269 Å². The largest absolute Gasteiger partial charge is 0.481 e. The van der Waals surface area contributed by atoms with Gasteiger partial charge in [-0.15, -0.1) is 0 Å². The number of hydrogen-bond donors (Lipinski definition) is 0. The highest BCUT2D eigenvalue weighted by atomic mass is 31.2. The molecule has 105 heavy (non-hydrogen) atoms. The number of aryl methyl sites for hydroxylation is 3. The zero-order valence-electron chi connectivity index (χ0n) is 63.0. The van der Waals surface area contributed by atoms with Crippen molar-refractivity contribution in [3.63, 3.8) is 0 Å². The summed E-state index contributed by atoms with van der Waals surface area (Å²) in [6, 6.07) is 57.1. The predicted octanol–water partition coefficient (Wildman–Crippen LogP) is 16.5. The van der Waals surface area contributed by atoms with Crippen molar-refractivity contribution >= 4 is 87.7 Å². The molecule has 0 atom stereocenters. The number of hydrogen-bond acceptors (Lipinski definition) is 15. The van der Waals surface area contributed by atoms with E-state index in [1.54, 1.807) is 230 Å². The van der Waals surface area contributed by atoms with Gasteiger partial charge in [-0.05, 0) is 80.9 Å². The molecule has 0 bridgehead atoms. The van der Waals surface area contributed by atoms with Gasteiger partial charge in [-0.3, -0.25) is 14.4 Å². The van der Waals surface area contributed by atoms with Gasteiger partial charge in [0.05, 0.1) is 5.41 Å². The average Bonchev–Trinajstić information content (AvgIpc) is 0.754. The van der Waals surface area contributed by atoms with Crippen LogP contribution in [0.3, 0.4) is 0 Å². The minimum atomic E-state index is -4.01. The average molecular weight is 1470 g/mol. The van der Waals surface area contributed by atoms with E-state index in [-0.39, 0.29) is 40.4 Å². The Labute approximate surface area is 617 Å². The first-order chi connectivity index (χ1) is 49.5. The summed E-state index contributed by atoms with van der Waals surface area (Å²) >= 11 is 0. The second-order valence-electron chi connectivity index (χ2n) is 29.9. The van der Waals surface area contributed by atoms with E-state index in [0.717, 1.165) is 0 Å². The highest BCUT2D eigenvalue weighted by Crippen LogP contribution is 2.53. The maximum Gasteiger partial charge on any atom is 0.344 e. The molecule has 0 unspecified atom stereocenters. The van der Waals surface area contributed by atoms with Gasteiger partial charge in [0.25, 0.3) is 0 Å². The Kier molecular flexibility index (Phi) is 24.6. The van der Waals surface area contributed by atoms with Crippen molar-refractivity contribution in [2.24, 2.45) is 5.41 Å². The number of rotatable bonds is 28. The molecule has 0 spiro atoms. The summed E-state index contributed by atoms with van der Waals surface area (Å²) < 4.78 is 84.2. The molecule has 0 aliphatic heterocycles. The smallest absolute Gasteiger partial charge is 0.344 e. The van der Waals surface area contributed by atoms with Crippen LogP contribution >= 0.6 is 21.4 Å². The van der Waals surface area contributed by atoms with Crippen LogP contribution in [0.1, 0.15) is 157 Å². The molecule has 9 aromatic rings. The zero-order chi connectivity index (χ0) is 76.6. The molecule has 0 amide bonds. The molecule has 9 rings (SSSR count). The Balaban J connectivity index is 1.02. The Bertz CT molecular complexity index is 4250. The van der Waals surface area contributed by atoms with Crippen molar-refractivity contribution in [2.75, 3.05) is 39.6 Å². The molecule has 0 saturated heterocycles. The van der Waals surface area contributed by atoms with Crippen molar-refractivity contribution in [2.45, 2.75) is 133 Å². The Hall–Kier alpha value is -9.51. The predicted molar refractivity (Wildman–Crippen MR) is 418 cm³/mol. The molecule has 0 aliphatic rings. The van der Waals surface area contributed by atoms with Crippen LogP contribution < -0.4 is 46.0 Å². The van der Waals surface area contributed by atoms with Gasteiger partial charge in [0.1, 0.15) is 37.1 Å². The van der Waals surface area contributed by atoms with Crippen LogP contribution in [0.4, 0.5) is 0 Å². The van der Waals surface area contributed by atoms with Gasteiger partial charge in [-0.2, -0.15) is 0 Å². The monoisotopic (exact) mass is 1470 g/mol. The SMILES string of the molecule is CCC(COC(=O)COc1c(C(C)(C)C)cc(C)c(C(=O)P(=O)(c2ccccc2)c2ccccc2)c1C)(COC(=O)COc1c(C(C)(C)C)cc(C)c(C(=O)P(=O)(c2ccccc2)c2ccccc2)c1C)COC(=O)COc1c(C(C)(C)C)cc(C)c(C(=O)P(=O)(c2ccccc2)c2ccccc2)c1C. The highest BCUT2D eigenvalue weighted by Gasteiger charge is 2.44. The summed E-state index contributed by atoms with van der Waals surface area (Å²) in [6.07, 6.45) is 0.0855. The minimum Gasteiger partial charge on any atom is -0.481 e. The molecule has 0 fully saturated rings. The number of benzene rings is 9. The van der Waals surface area contributed by atoms with E-state index >= 15 is 28.1 Å². The van der Waals surface area contributed by atoms with Crippen molar-refractivity contribution in [1.82, 2.24) is 0 Å². The standard InChI is InChI=1S/C87H95O15P3/c1-17-87(54-100-72(88)51-97-78-60(5)75(57(2)48-69(78)84(8,9)10)81(91)103(94,63-36-24-18-25-37-63)64-38-26-19-27-39-64,55-101-73(89)52-98-79-61(6)76(58(3)49-70(79)85(11,12)13)82(92)104(95,65-40-28-20-29-41-65)66-42-30-21-31-43-66)56-102-74(90)53-99-80-62(7)77(59(4)50-71(80)86(14,15)16)83(93)105(96,67-44-32-22-33-45-67)68-46-34-23-35-47-68/h18-50H,17,51-56H2,1-16H3. The van der Waals surface area contributed by atoms with E-state index < -0.39 is 117 Å². The Morgan fingerprint density at radius 3 is 0.676 bits per heavy atom. The number of esters is 3. The van der Waals surface area contributed by atoms with E-state index in [0.29, 0.717) is 81.9 Å². The molecule has 548 valence electrons. The van der Waals surface area contributed by atoms with Crippen LogP contribution in [0.25, 0.3) is 0 Å². The third kappa shape index (κ3) is 16.9. The lowest BCUT2D eigenvalue weighted by Crippen LogP contribution is -2.40. The van der Waals surface area contributed by atoms with Crippen LogP contribution in [0.5, 0.6) is 17.2 Å². The van der Waals surface area contributed by atoms with E-state index in [4.69, 9.17) is 28.4 Å². The quantitative estimate of drug-likeness (QED) is 0.0254. The molecule has 0 saturated carbocycles. The van der Waals surface area contributed by atoms with E-state index in [9.17, 15) is 14.4 Å². The van der Waals surface area contributed by atoms with E-state index in [1.807, 2.05) is 80.5 Å². The third-order valence-corrected chi connectivity index (χ3v) is 27.7. The Morgan fingerprint density at radius 1 is 0.314 bits per heavy atom. The zero-order valence-corrected chi connectivity index (χ0v) is 65.7. The first-order valence-electron chi connectivity index (χ1n) is 35.1. The van der Waals surface area contributed by atoms with Crippen LogP contribution in [-0.4, -0.2) is 74.1 Å². The number of carbonyl (C=O) groups excluding carboxylic acids is 6. The molecule has 0 N–H and O–H groups in total. The molecular weight excluding hydrogens is 1380 g/mol. The van der Waals surface area contributed by atoms with Crippen LogP contribution in [-0.2, 0) is 58.5 Å². The van der Waals surface area contributed by atoms with Crippen molar-refractivity contribution in [3.05, 3.63) is 267 Å². The summed E-state index contributed by atoms with van der Waals surface area (Å²) in [5, 5.41) is 2.12. The van der Waals surface area contributed by atoms with Gasteiger partial charge in [0.15, 0.2) is 19.8 Å². The second kappa shape index (κ2) is 32.5. The lowest BCUT2D eigenvalue weighted by atomic mass is 9.83. The van der Waals surface area contributed by atoms with Gasteiger partial charge >= 0.3 is 17.9 Å². The first kappa shape index (κ1) is 79.6. The van der Waals surface area contributed by atoms with Gasteiger partial charge in [0, 0.05) is 81.9 Å². The van der Waals surface area contributed by atoms with E-state index in [1.165, 1.54) is 0 Å². The minimum absolute atomic E-state index is 0.0855. The molecule has 9 aromatic carbocycles. The molecule has 0 radical (unpaired) electrons. The normalized spacial score (nSPS) is 12.2. The highest BCUT2D eigenvalue weighted by molar-refractivity contribution is 7.94. The maximum atomic E-state index is 15.5. The van der Waals surface area contributed by atoms with Gasteiger partial charge in [0.2, 0.25) is 38.0 Å².